The summed E-state index contributed by atoms with van der Waals surface area (Å²) in [6, 6.07) is 7.66. The van der Waals surface area contributed by atoms with Crippen molar-refractivity contribution in [2.24, 2.45) is 0 Å². The van der Waals surface area contributed by atoms with Crippen LogP contribution in [0.1, 0.15) is 76.0 Å². The summed E-state index contributed by atoms with van der Waals surface area (Å²) in [7, 11) is 0. The molecule has 0 amide bonds. The molecule has 0 saturated heterocycles. The minimum absolute atomic E-state index is 0.454. The number of rotatable bonds is 7. The third kappa shape index (κ3) is 4.47. The smallest absolute Gasteiger partial charge is 0.126 e. The number of nitrogens with one attached hydrogen (secondary N) is 1. The third-order valence-electron chi connectivity index (χ3n) is 4.48. The number of ether oxygens (including phenoxy) is 1. The van der Waals surface area contributed by atoms with E-state index in [1.807, 2.05) is 0 Å². The van der Waals surface area contributed by atoms with Gasteiger partial charge in [0, 0.05) is 17.6 Å². The Morgan fingerprint density at radius 2 is 2.10 bits per heavy atom. The van der Waals surface area contributed by atoms with Crippen molar-refractivity contribution in [3.05, 3.63) is 29.3 Å². The van der Waals surface area contributed by atoms with E-state index in [-0.39, 0.29) is 0 Å². The summed E-state index contributed by atoms with van der Waals surface area (Å²) < 4.78 is 5.99. The number of unbranched alkanes of at least 4 members (excludes halogenated alkanes) is 1. The molecule has 1 aliphatic heterocycles. The van der Waals surface area contributed by atoms with Gasteiger partial charge < -0.3 is 10.1 Å². The zero-order chi connectivity index (χ0) is 15.1. The minimum Gasteiger partial charge on any atom is -0.493 e. The maximum Gasteiger partial charge on any atom is 0.126 e. The van der Waals surface area contributed by atoms with E-state index < -0.39 is 0 Å². The number of benzene rings is 1. The van der Waals surface area contributed by atoms with Crippen LogP contribution in [0.2, 0.25) is 0 Å². The Bertz CT molecular complexity index is 430. The molecule has 21 heavy (non-hydrogen) atoms. The van der Waals surface area contributed by atoms with Gasteiger partial charge in [0.25, 0.3) is 0 Å². The van der Waals surface area contributed by atoms with Crippen molar-refractivity contribution in [2.75, 3.05) is 6.61 Å². The summed E-state index contributed by atoms with van der Waals surface area (Å²) in [6.45, 7) is 7.57. The quantitative estimate of drug-likeness (QED) is 0.749. The van der Waals surface area contributed by atoms with E-state index in [1.165, 1.54) is 49.7 Å². The van der Waals surface area contributed by atoms with E-state index in [9.17, 15) is 0 Å². The monoisotopic (exact) mass is 289 g/mol. The summed E-state index contributed by atoms with van der Waals surface area (Å²) in [5.41, 5.74) is 2.63. The maximum atomic E-state index is 5.99. The van der Waals surface area contributed by atoms with Crippen LogP contribution in [0, 0.1) is 6.92 Å². The first-order valence-electron chi connectivity index (χ1n) is 8.74. The average molecular weight is 289 g/mol. The first-order valence-corrected chi connectivity index (χ1v) is 8.74. The summed E-state index contributed by atoms with van der Waals surface area (Å²) in [6.07, 6.45) is 8.75. The summed E-state index contributed by atoms with van der Waals surface area (Å²) >= 11 is 0. The Kier molecular flexibility index (Phi) is 6.56. The topological polar surface area (TPSA) is 21.3 Å². The number of fused-ring (bicyclic) bond motifs is 1. The molecule has 1 heterocycles. The first-order chi connectivity index (χ1) is 10.3. The molecule has 0 bridgehead atoms. The van der Waals surface area contributed by atoms with Gasteiger partial charge in [0.15, 0.2) is 0 Å². The molecule has 2 rings (SSSR count). The number of hydrogen-bond acceptors (Lipinski definition) is 2. The second-order valence-corrected chi connectivity index (χ2v) is 6.33. The van der Waals surface area contributed by atoms with Crippen molar-refractivity contribution in [1.82, 2.24) is 5.32 Å². The predicted octanol–water partition coefficient (Wildman–Crippen LogP) is 5.16. The summed E-state index contributed by atoms with van der Waals surface area (Å²) in [5, 5.41) is 3.94. The van der Waals surface area contributed by atoms with Crippen molar-refractivity contribution in [1.29, 1.82) is 0 Å². The highest BCUT2D eigenvalue weighted by Crippen LogP contribution is 2.34. The van der Waals surface area contributed by atoms with Crippen molar-refractivity contribution >= 4 is 0 Å². The Labute approximate surface area is 130 Å². The second kappa shape index (κ2) is 8.43. The highest BCUT2D eigenvalue weighted by molar-refractivity contribution is 5.43. The largest absolute Gasteiger partial charge is 0.493 e. The molecule has 118 valence electrons. The Morgan fingerprint density at radius 3 is 2.86 bits per heavy atom. The van der Waals surface area contributed by atoms with Crippen LogP contribution in [0.3, 0.4) is 0 Å². The van der Waals surface area contributed by atoms with Crippen LogP contribution in [-0.4, -0.2) is 12.6 Å². The van der Waals surface area contributed by atoms with Gasteiger partial charge in [0.2, 0.25) is 0 Å². The number of hydrogen-bond donors (Lipinski definition) is 1. The highest BCUT2D eigenvalue weighted by Gasteiger charge is 2.23. The molecule has 2 nitrogen and oxygen atoms in total. The zero-order valence-corrected chi connectivity index (χ0v) is 14.0. The van der Waals surface area contributed by atoms with E-state index in [4.69, 9.17) is 4.74 Å². The molecule has 0 fully saturated rings. The zero-order valence-electron chi connectivity index (χ0n) is 14.0. The normalized spacial score (nSPS) is 19.5. The summed E-state index contributed by atoms with van der Waals surface area (Å²) in [5.74, 6) is 1.12. The van der Waals surface area contributed by atoms with Gasteiger partial charge in [-0.05, 0) is 38.2 Å². The predicted molar refractivity (Wildman–Crippen MR) is 90.0 cm³/mol. The van der Waals surface area contributed by atoms with E-state index in [0.29, 0.717) is 12.1 Å². The van der Waals surface area contributed by atoms with Crippen LogP contribution in [0.25, 0.3) is 0 Å². The average Bonchev–Trinajstić information content (AvgIpc) is 2.69. The van der Waals surface area contributed by atoms with Gasteiger partial charge in [-0.25, -0.2) is 0 Å². The third-order valence-corrected chi connectivity index (χ3v) is 4.48. The minimum atomic E-state index is 0.454. The molecule has 2 heteroatoms. The van der Waals surface area contributed by atoms with Crippen LogP contribution in [0.15, 0.2) is 18.2 Å². The van der Waals surface area contributed by atoms with Crippen molar-refractivity contribution < 1.29 is 4.74 Å². The molecule has 0 aromatic heterocycles. The maximum absolute atomic E-state index is 5.99. The van der Waals surface area contributed by atoms with E-state index in [2.05, 4.69) is 44.3 Å². The molecule has 0 saturated carbocycles. The molecule has 1 aromatic carbocycles. The molecular weight excluding hydrogens is 258 g/mol. The molecule has 2 atom stereocenters. The highest BCUT2D eigenvalue weighted by atomic mass is 16.5. The van der Waals surface area contributed by atoms with Crippen molar-refractivity contribution in [2.45, 2.75) is 77.8 Å². The van der Waals surface area contributed by atoms with E-state index in [0.717, 1.165) is 18.8 Å². The van der Waals surface area contributed by atoms with Gasteiger partial charge in [0.1, 0.15) is 5.75 Å². The van der Waals surface area contributed by atoms with Crippen molar-refractivity contribution in [3.8, 4) is 5.75 Å². The molecule has 1 aromatic rings. The van der Waals surface area contributed by atoms with E-state index >= 15 is 0 Å². The van der Waals surface area contributed by atoms with Crippen LogP contribution >= 0.6 is 0 Å². The molecule has 1 aliphatic rings. The number of aryl methyl sites for hydroxylation is 1. The molecule has 0 radical (unpaired) electrons. The van der Waals surface area contributed by atoms with E-state index in [1.54, 1.807) is 0 Å². The van der Waals surface area contributed by atoms with Crippen LogP contribution < -0.4 is 10.1 Å². The lowest BCUT2D eigenvalue weighted by molar-refractivity contribution is 0.311. The lowest BCUT2D eigenvalue weighted by atomic mass is 9.96. The Balaban J connectivity index is 2.13. The Hall–Kier alpha value is -1.02. The van der Waals surface area contributed by atoms with Gasteiger partial charge in [-0.1, -0.05) is 51.3 Å². The van der Waals surface area contributed by atoms with Gasteiger partial charge in [-0.2, -0.15) is 0 Å². The fourth-order valence-corrected chi connectivity index (χ4v) is 3.33. The SMILES string of the molecule is CCCCC(CCC)NC1CCCOc2c(C)cccc21. The standard InChI is InChI=1S/C19H31NO/c1-4-6-11-16(9-5-2)20-18-13-8-14-21-19-15(3)10-7-12-17(18)19/h7,10,12,16,18,20H,4-6,8-9,11,13-14H2,1-3H3. The lowest BCUT2D eigenvalue weighted by Crippen LogP contribution is -2.32. The van der Waals surface area contributed by atoms with Gasteiger partial charge >= 0.3 is 0 Å². The van der Waals surface area contributed by atoms with Crippen LogP contribution in [-0.2, 0) is 0 Å². The van der Waals surface area contributed by atoms with Crippen LogP contribution in [0.5, 0.6) is 5.75 Å². The molecular formula is C19H31NO. The molecule has 1 N–H and O–H groups in total. The molecule has 0 spiro atoms. The molecule has 2 unspecified atom stereocenters. The van der Waals surface area contributed by atoms with Gasteiger partial charge in [-0.15, -0.1) is 0 Å². The number of para-hydroxylation sites is 1. The Morgan fingerprint density at radius 1 is 1.24 bits per heavy atom. The lowest BCUT2D eigenvalue weighted by Gasteiger charge is -2.26. The molecule has 0 aliphatic carbocycles. The fraction of sp³-hybridized carbons (Fsp3) is 0.684. The summed E-state index contributed by atoms with van der Waals surface area (Å²) in [4.78, 5) is 0. The first kappa shape index (κ1) is 16.4. The van der Waals surface area contributed by atoms with Gasteiger partial charge in [0.05, 0.1) is 6.61 Å². The fourth-order valence-electron chi connectivity index (χ4n) is 3.33. The van der Waals surface area contributed by atoms with Crippen LogP contribution in [0.4, 0.5) is 0 Å². The van der Waals surface area contributed by atoms with Crippen molar-refractivity contribution in [3.63, 3.8) is 0 Å². The second-order valence-electron chi connectivity index (χ2n) is 6.33. The van der Waals surface area contributed by atoms with Gasteiger partial charge in [-0.3, -0.25) is 0 Å².